The molecule has 0 radical (unpaired) electrons. The van der Waals surface area contributed by atoms with E-state index in [4.69, 9.17) is 23.2 Å². The Morgan fingerprint density at radius 2 is 2.17 bits per heavy atom. The van der Waals surface area contributed by atoms with Gasteiger partial charge in [-0.2, -0.15) is 0 Å². The molecule has 1 aliphatic heterocycles. The Labute approximate surface area is 81.7 Å². The van der Waals surface area contributed by atoms with Crippen LogP contribution in [0.15, 0.2) is 6.07 Å². The molecule has 0 aromatic heterocycles. The highest BCUT2D eigenvalue weighted by atomic mass is 35.5. The van der Waals surface area contributed by atoms with E-state index in [0.717, 1.165) is 34.3 Å². The summed E-state index contributed by atoms with van der Waals surface area (Å²) < 4.78 is 0. The molecule has 0 atom stereocenters. The minimum atomic E-state index is 0.782. The van der Waals surface area contributed by atoms with E-state index in [1.165, 1.54) is 5.56 Å². The largest absolute Gasteiger partial charge is 0.383 e. The van der Waals surface area contributed by atoms with Gasteiger partial charge in [-0.3, -0.25) is 0 Å². The van der Waals surface area contributed by atoms with E-state index in [9.17, 15) is 0 Å². The van der Waals surface area contributed by atoms with Crippen LogP contribution >= 0.6 is 23.2 Å². The summed E-state index contributed by atoms with van der Waals surface area (Å²) in [4.78, 5) is 0. The lowest BCUT2D eigenvalue weighted by molar-refractivity contribution is 1.10. The first-order valence-electron chi connectivity index (χ1n) is 3.91. The molecule has 64 valence electrons. The Morgan fingerprint density at radius 1 is 1.42 bits per heavy atom. The molecule has 0 amide bonds. The number of aryl methyl sites for hydroxylation is 1. The SMILES string of the molecule is Cc1cc(Cl)c2c(c1Cl)CCN2. The number of rotatable bonds is 0. The molecule has 0 aliphatic carbocycles. The first kappa shape index (κ1) is 8.21. The number of nitrogens with one attached hydrogen (secondary N) is 1. The molecule has 0 saturated heterocycles. The lowest BCUT2D eigenvalue weighted by atomic mass is 10.1. The van der Waals surface area contributed by atoms with Crippen LogP contribution in [0.5, 0.6) is 0 Å². The van der Waals surface area contributed by atoms with Gasteiger partial charge in [0, 0.05) is 11.6 Å². The maximum atomic E-state index is 6.11. The average Bonchev–Trinajstić information content (AvgIpc) is 2.48. The Kier molecular flexibility index (Phi) is 1.93. The van der Waals surface area contributed by atoms with Crippen LogP contribution < -0.4 is 5.32 Å². The summed E-state index contributed by atoms with van der Waals surface area (Å²) in [6.45, 7) is 2.92. The smallest absolute Gasteiger partial charge is 0.0644 e. The van der Waals surface area contributed by atoms with Crippen LogP contribution in [-0.4, -0.2) is 6.54 Å². The van der Waals surface area contributed by atoms with Gasteiger partial charge in [-0.1, -0.05) is 23.2 Å². The molecule has 0 unspecified atom stereocenters. The number of fused-ring (bicyclic) bond motifs is 1. The van der Waals surface area contributed by atoms with E-state index in [0.29, 0.717) is 0 Å². The molecule has 12 heavy (non-hydrogen) atoms. The predicted octanol–water partition coefficient (Wildman–Crippen LogP) is 3.27. The molecule has 1 N–H and O–H groups in total. The fourth-order valence-corrected chi connectivity index (χ4v) is 2.14. The molecule has 0 saturated carbocycles. The van der Waals surface area contributed by atoms with Gasteiger partial charge in [0.15, 0.2) is 0 Å². The molecule has 1 nitrogen and oxygen atoms in total. The van der Waals surface area contributed by atoms with Gasteiger partial charge in [0.05, 0.1) is 10.7 Å². The zero-order chi connectivity index (χ0) is 8.72. The van der Waals surface area contributed by atoms with Crippen molar-refractivity contribution in [2.45, 2.75) is 13.3 Å². The van der Waals surface area contributed by atoms with Crippen LogP contribution in [-0.2, 0) is 6.42 Å². The highest BCUT2D eigenvalue weighted by Gasteiger charge is 2.17. The highest BCUT2D eigenvalue weighted by molar-refractivity contribution is 6.36. The van der Waals surface area contributed by atoms with Crippen LogP contribution in [0, 0.1) is 6.92 Å². The molecular formula is C9H9Cl2N. The molecule has 1 aliphatic rings. The Morgan fingerprint density at radius 3 is 2.92 bits per heavy atom. The van der Waals surface area contributed by atoms with Crippen molar-refractivity contribution in [2.24, 2.45) is 0 Å². The molecule has 2 rings (SSSR count). The van der Waals surface area contributed by atoms with Crippen molar-refractivity contribution in [1.82, 2.24) is 0 Å². The van der Waals surface area contributed by atoms with Gasteiger partial charge in [-0.25, -0.2) is 0 Å². The van der Waals surface area contributed by atoms with Crippen LogP contribution in [0.2, 0.25) is 10.0 Å². The summed E-state index contributed by atoms with van der Waals surface area (Å²) >= 11 is 12.1. The minimum absolute atomic E-state index is 0.782. The normalized spacial score (nSPS) is 14.2. The van der Waals surface area contributed by atoms with Gasteiger partial charge in [0.1, 0.15) is 0 Å². The van der Waals surface area contributed by atoms with Crippen LogP contribution in [0.25, 0.3) is 0 Å². The molecule has 3 heteroatoms. The van der Waals surface area contributed by atoms with Crippen LogP contribution in [0.1, 0.15) is 11.1 Å². The second-order valence-electron chi connectivity index (χ2n) is 3.02. The van der Waals surface area contributed by atoms with E-state index in [2.05, 4.69) is 5.32 Å². The summed E-state index contributed by atoms with van der Waals surface area (Å²) in [5.41, 5.74) is 3.25. The standard InChI is InChI=1S/C9H9Cl2N/c1-5-4-7(10)9-6(8(5)11)2-3-12-9/h4,12H,2-3H2,1H3. The third-order valence-corrected chi connectivity index (χ3v) is 3.00. The average molecular weight is 202 g/mol. The predicted molar refractivity (Wildman–Crippen MR) is 53.4 cm³/mol. The monoisotopic (exact) mass is 201 g/mol. The van der Waals surface area contributed by atoms with Gasteiger partial charge < -0.3 is 5.32 Å². The maximum absolute atomic E-state index is 6.11. The van der Waals surface area contributed by atoms with E-state index in [1.807, 2.05) is 13.0 Å². The van der Waals surface area contributed by atoms with E-state index >= 15 is 0 Å². The molecule has 0 fully saturated rings. The zero-order valence-corrected chi connectivity index (χ0v) is 8.26. The fraction of sp³-hybridized carbons (Fsp3) is 0.333. The fourth-order valence-electron chi connectivity index (χ4n) is 1.56. The van der Waals surface area contributed by atoms with Gasteiger partial charge in [0.25, 0.3) is 0 Å². The van der Waals surface area contributed by atoms with Gasteiger partial charge in [0.2, 0.25) is 0 Å². The van der Waals surface area contributed by atoms with Crippen molar-refractivity contribution in [3.05, 3.63) is 27.2 Å². The number of anilines is 1. The summed E-state index contributed by atoms with van der Waals surface area (Å²) in [5, 5.41) is 4.86. The number of hydrogen-bond acceptors (Lipinski definition) is 1. The molecule has 1 aromatic carbocycles. The first-order chi connectivity index (χ1) is 5.70. The van der Waals surface area contributed by atoms with Crippen LogP contribution in [0.3, 0.4) is 0 Å². The zero-order valence-electron chi connectivity index (χ0n) is 6.75. The number of hydrogen-bond donors (Lipinski definition) is 1. The van der Waals surface area contributed by atoms with Crippen molar-refractivity contribution < 1.29 is 0 Å². The van der Waals surface area contributed by atoms with Gasteiger partial charge in [-0.05, 0) is 30.5 Å². The Bertz CT molecular complexity index is 334. The first-order valence-corrected chi connectivity index (χ1v) is 4.67. The molecule has 1 aromatic rings. The van der Waals surface area contributed by atoms with Gasteiger partial charge >= 0.3 is 0 Å². The molecular weight excluding hydrogens is 193 g/mol. The highest BCUT2D eigenvalue weighted by Crippen LogP contribution is 2.37. The minimum Gasteiger partial charge on any atom is -0.383 e. The summed E-state index contributed by atoms with van der Waals surface area (Å²) in [7, 11) is 0. The van der Waals surface area contributed by atoms with Gasteiger partial charge in [-0.15, -0.1) is 0 Å². The summed E-state index contributed by atoms with van der Waals surface area (Å²) in [6.07, 6.45) is 0.982. The van der Waals surface area contributed by atoms with Crippen LogP contribution in [0.4, 0.5) is 5.69 Å². The third-order valence-electron chi connectivity index (χ3n) is 2.17. The van der Waals surface area contributed by atoms with Crippen molar-refractivity contribution in [3.63, 3.8) is 0 Å². The molecule has 1 heterocycles. The van der Waals surface area contributed by atoms with Crippen molar-refractivity contribution in [3.8, 4) is 0 Å². The van der Waals surface area contributed by atoms with E-state index < -0.39 is 0 Å². The van der Waals surface area contributed by atoms with Crippen molar-refractivity contribution >= 4 is 28.9 Å². The third kappa shape index (κ3) is 1.08. The number of benzene rings is 1. The lowest BCUT2D eigenvalue weighted by Gasteiger charge is -2.07. The van der Waals surface area contributed by atoms with E-state index in [1.54, 1.807) is 0 Å². The van der Waals surface area contributed by atoms with Crippen molar-refractivity contribution in [2.75, 3.05) is 11.9 Å². The second-order valence-corrected chi connectivity index (χ2v) is 3.80. The Hall–Kier alpha value is -0.400. The lowest BCUT2D eigenvalue weighted by Crippen LogP contribution is -1.91. The maximum Gasteiger partial charge on any atom is 0.0644 e. The quantitative estimate of drug-likeness (QED) is 0.680. The van der Waals surface area contributed by atoms with Crippen molar-refractivity contribution in [1.29, 1.82) is 0 Å². The Balaban J connectivity index is 2.69. The molecule has 0 bridgehead atoms. The summed E-state index contributed by atoms with van der Waals surface area (Å²) in [6, 6.07) is 1.90. The molecule has 0 spiro atoms. The second kappa shape index (κ2) is 2.82. The van der Waals surface area contributed by atoms with E-state index in [-0.39, 0.29) is 0 Å². The number of halogens is 2. The summed E-state index contributed by atoms with van der Waals surface area (Å²) in [5.74, 6) is 0. The topological polar surface area (TPSA) is 12.0 Å².